The molecule has 1 aromatic heterocycles. The summed E-state index contributed by atoms with van der Waals surface area (Å²) in [5, 5.41) is 11.7. The van der Waals surface area contributed by atoms with Crippen LogP contribution in [0.3, 0.4) is 0 Å². The number of hydrogen-bond acceptors (Lipinski definition) is 5. The number of hydrogen-bond donors (Lipinski definition) is 1. The van der Waals surface area contributed by atoms with Gasteiger partial charge in [0.25, 0.3) is 15.2 Å². The lowest BCUT2D eigenvalue weighted by Crippen LogP contribution is -2.18. The van der Waals surface area contributed by atoms with E-state index in [2.05, 4.69) is 10.2 Å². The summed E-state index contributed by atoms with van der Waals surface area (Å²) in [6.45, 7) is 2.34. The van der Waals surface area contributed by atoms with Crippen LogP contribution in [0.15, 0.2) is 5.16 Å². The van der Waals surface area contributed by atoms with Gasteiger partial charge in [0.05, 0.1) is 7.11 Å². The summed E-state index contributed by atoms with van der Waals surface area (Å²) >= 11 is 0. The van der Waals surface area contributed by atoms with Crippen LogP contribution in [0.4, 0.5) is 0 Å². The van der Waals surface area contributed by atoms with E-state index in [0.717, 1.165) is 6.42 Å². The molecular weight excluding hydrogens is 208 g/mol. The maximum atomic E-state index is 11.1. The van der Waals surface area contributed by atoms with Gasteiger partial charge in [0.2, 0.25) is 0 Å². The molecule has 8 heteroatoms. The second-order valence-electron chi connectivity index (χ2n) is 2.67. The molecule has 80 valence electrons. The SMILES string of the molecule is CCCn1c(OC)nnc1S(N)(=O)=O. The summed E-state index contributed by atoms with van der Waals surface area (Å²) in [5.74, 6) is 0. The van der Waals surface area contributed by atoms with Crippen LogP contribution in [0, 0.1) is 0 Å². The molecule has 0 saturated carbocycles. The van der Waals surface area contributed by atoms with E-state index in [1.54, 1.807) is 0 Å². The first kappa shape index (κ1) is 10.9. The molecular formula is C6H12N4O3S. The molecule has 0 bridgehead atoms. The Bertz CT molecular complexity index is 411. The Hall–Kier alpha value is -1.15. The molecule has 0 aromatic carbocycles. The zero-order valence-electron chi connectivity index (χ0n) is 7.97. The molecule has 0 amide bonds. The average molecular weight is 220 g/mol. The van der Waals surface area contributed by atoms with E-state index in [1.165, 1.54) is 11.7 Å². The Balaban J connectivity index is 3.24. The second kappa shape index (κ2) is 3.93. The smallest absolute Gasteiger partial charge is 0.317 e. The molecule has 0 spiro atoms. The summed E-state index contributed by atoms with van der Waals surface area (Å²) < 4.78 is 28.3. The maximum absolute atomic E-state index is 11.1. The van der Waals surface area contributed by atoms with Crippen LogP contribution in [0.1, 0.15) is 13.3 Å². The van der Waals surface area contributed by atoms with Gasteiger partial charge in [0.1, 0.15) is 0 Å². The Morgan fingerprint density at radius 1 is 1.50 bits per heavy atom. The van der Waals surface area contributed by atoms with Crippen LogP contribution in [0.5, 0.6) is 6.01 Å². The number of nitrogens with two attached hydrogens (primary N) is 1. The molecule has 0 unspecified atom stereocenters. The minimum atomic E-state index is -3.84. The molecule has 2 N–H and O–H groups in total. The topological polar surface area (TPSA) is 100 Å². The Kier molecular flexibility index (Phi) is 3.06. The van der Waals surface area contributed by atoms with Crippen molar-refractivity contribution < 1.29 is 13.2 Å². The van der Waals surface area contributed by atoms with Crippen molar-refractivity contribution in [3.63, 3.8) is 0 Å². The fourth-order valence-electron chi connectivity index (χ4n) is 1.05. The van der Waals surface area contributed by atoms with Crippen molar-refractivity contribution in [2.75, 3.05) is 7.11 Å². The number of rotatable bonds is 4. The number of methoxy groups -OCH3 is 1. The highest BCUT2D eigenvalue weighted by Crippen LogP contribution is 2.13. The fourth-order valence-corrected chi connectivity index (χ4v) is 1.68. The normalized spacial score (nSPS) is 11.6. The molecule has 14 heavy (non-hydrogen) atoms. The highest BCUT2D eigenvalue weighted by atomic mass is 32.2. The molecule has 0 aliphatic carbocycles. The highest BCUT2D eigenvalue weighted by molar-refractivity contribution is 7.89. The first-order valence-electron chi connectivity index (χ1n) is 4.00. The standard InChI is InChI=1S/C6H12N4O3S/c1-3-4-10-5(13-2)8-9-6(10)14(7,11)12/h3-4H2,1-2H3,(H2,7,11,12). The average Bonchev–Trinajstić information content (AvgIpc) is 2.47. The van der Waals surface area contributed by atoms with Gasteiger partial charge in [0.15, 0.2) is 0 Å². The summed E-state index contributed by atoms with van der Waals surface area (Å²) in [7, 11) is -2.44. The van der Waals surface area contributed by atoms with Gasteiger partial charge < -0.3 is 4.74 Å². The van der Waals surface area contributed by atoms with Gasteiger partial charge in [0, 0.05) is 6.54 Å². The van der Waals surface area contributed by atoms with Gasteiger partial charge >= 0.3 is 6.01 Å². The van der Waals surface area contributed by atoms with E-state index in [4.69, 9.17) is 9.88 Å². The van der Waals surface area contributed by atoms with Gasteiger partial charge in [-0.2, -0.15) is 0 Å². The van der Waals surface area contributed by atoms with Gasteiger partial charge in [-0.25, -0.2) is 13.6 Å². The number of sulfonamides is 1. The maximum Gasteiger partial charge on any atom is 0.317 e. The molecule has 7 nitrogen and oxygen atoms in total. The van der Waals surface area contributed by atoms with E-state index in [9.17, 15) is 8.42 Å². The summed E-state index contributed by atoms with van der Waals surface area (Å²) in [4.78, 5) is 0. The summed E-state index contributed by atoms with van der Waals surface area (Å²) in [5.41, 5.74) is 0. The van der Waals surface area contributed by atoms with Crippen molar-refractivity contribution in [1.29, 1.82) is 0 Å². The van der Waals surface area contributed by atoms with Crippen LogP contribution in [-0.4, -0.2) is 30.3 Å². The van der Waals surface area contributed by atoms with Crippen molar-refractivity contribution in [2.24, 2.45) is 5.14 Å². The van der Waals surface area contributed by atoms with Crippen LogP contribution in [-0.2, 0) is 16.6 Å². The lowest BCUT2D eigenvalue weighted by Gasteiger charge is -2.05. The van der Waals surface area contributed by atoms with Crippen LogP contribution in [0.25, 0.3) is 0 Å². The van der Waals surface area contributed by atoms with Gasteiger partial charge in [-0.3, -0.25) is 4.57 Å². The minimum Gasteiger partial charge on any atom is -0.467 e. The van der Waals surface area contributed by atoms with E-state index < -0.39 is 10.0 Å². The predicted molar refractivity (Wildman–Crippen MR) is 48.2 cm³/mol. The van der Waals surface area contributed by atoms with Crippen LogP contribution < -0.4 is 9.88 Å². The molecule has 0 saturated heterocycles. The van der Waals surface area contributed by atoms with Crippen LogP contribution >= 0.6 is 0 Å². The van der Waals surface area contributed by atoms with E-state index in [-0.39, 0.29) is 11.2 Å². The second-order valence-corrected chi connectivity index (χ2v) is 4.12. The Morgan fingerprint density at radius 2 is 2.14 bits per heavy atom. The number of ether oxygens (including phenoxy) is 1. The minimum absolute atomic E-state index is 0.149. The third-order valence-corrected chi connectivity index (χ3v) is 2.38. The highest BCUT2D eigenvalue weighted by Gasteiger charge is 2.20. The first-order chi connectivity index (χ1) is 6.50. The first-order valence-corrected chi connectivity index (χ1v) is 5.55. The van der Waals surface area contributed by atoms with E-state index in [0.29, 0.717) is 6.54 Å². The van der Waals surface area contributed by atoms with Gasteiger partial charge in [-0.15, -0.1) is 5.10 Å². The van der Waals surface area contributed by atoms with Crippen molar-refractivity contribution in [3.8, 4) is 6.01 Å². The monoisotopic (exact) mass is 220 g/mol. The molecule has 1 rings (SSSR count). The van der Waals surface area contributed by atoms with Crippen molar-refractivity contribution >= 4 is 10.0 Å². The lowest BCUT2D eigenvalue weighted by atomic mass is 10.5. The van der Waals surface area contributed by atoms with Gasteiger partial charge in [-0.1, -0.05) is 12.0 Å². The van der Waals surface area contributed by atoms with Crippen molar-refractivity contribution in [1.82, 2.24) is 14.8 Å². The molecule has 0 aliphatic rings. The molecule has 1 heterocycles. The molecule has 1 aromatic rings. The van der Waals surface area contributed by atoms with Crippen molar-refractivity contribution in [2.45, 2.75) is 25.0 Å². The summed E-state index contributed by atoms with van der Waals surface area (Å²) in [6.07, 6.45) is 0.733. The number of nitrogens with zero attached hydrogens (tertiary/aromatic N) is 3. The number of primary sulfonamides is 1. The van der Waals surface area contributed by atoms with Crippen LogP contribution in [0.2, 0.25) is 0 Å². The van der Waals surface area contributed by atoms with Gasteiger partial charge in [-0.05, 0) is 6.42 Å². The lowest BCUT2D eigenvalue weighted by molar-refractivity contribution is 0.349. The zero-order chi connectivity index (χ0) is 10.8. The quantitative estimate of drug-likeness (QED) is 0.726. The van der Waals surface area contributed by atoms with E-state index in [1.807, 2.05) is 6.92 Å². The molecule has 0 aliphatic heterocycles. The molecule has 0 atom stereocenters. The fraction of sp³-hybridized carbons (Fsp3) is 0.667. The Morgan fingerprint density at radius 3 is 2.57 bits per heavy atom. The molecule has 0 radical (unpaired) electrons. The Labute approximate surface area is 81.9 Å². The predicted octanol–water partition coefficient (Wildman–Crippen LogP) is -0.656. The molecule has 0 fully saturated rings. The third kappa shape index (κ3) is 2.02. The van der Waals surface area contributed by atoms with Crippen molar-refractivity contribution in [3.05, 3.63) is 0 Å². The largest absolute Gasteiger partial charge is 0.467 e. The zero-order valence-corrected chi connectivity index (χ0v) is 8.78. The summed E-state index contributed by atoms with van der Waals surface area (Å²) in [6, 6.07) is 0.149. The van der Waals surface area contributed by atoms with E-state index >= 15 is 0 Å². The third-order valence-electron chi connectivity index (χ3n) is 1.57. The number of aromatic nitrogens is 3.